The highest BCUT2D eigenvalue weighted by Gasteiger charge is 2.23. The first-order valence-corrected chi connectivity index (χ1v) is 8.13. The van der Waals surface area contributed by atoms with E-state index in [2.05, 4.69) is 35.6 Å². The molecule has 0 aromatic carbocycles. The highest BCUT2D eigenvalue weighted by molar-refractivity contribution is 5.24. The van der Waals surface area contributed by atoms with Crippen LogP contribution in [0.2, 0.25) is 0 Å². The molecule has 1 aliphatic rings. The standard InChI is InChI=1S/C18H23FN4O/c1-18(2,3)17-21-9-13-11-23(6-5-15(13)22-17)10-12-7-14(19)16(24-4)20-8-12/h7-9H,5-6,10-11H2,1-4H3. The van der Waals surface area contributed by atoms with Gasteiger partial charge in [0.05, 0.1) is 7.11 Å². The van der Waals surface area contributed by atoms with Crippen molar-refractivity contribution in [2.24, 2.45) is 0 Å². The lowest BCUT2D eigenvalue weighted by atomic mass is 9.95. The van der Waals surface area contributed by atoms with Crippen molar-refractivity contribution in [3.05, 3.63) is 46.9 Å². The van der Waals surface area contributed by atoms with Crippen LogP contribution in [0.4, 0.5) is 4.39 Å². The van der Waals surface area contributed by atoms with E-state index in [1.165, 1.54) is 13.2 Å². The van der Waals surface area contributed by atoms with E-state index in [0.29, 0.717) is 6.54 Å². The van der Waals surface area contributed by atoms with Gasteiger partial charge in [0.1, 0.15) is 5.82 Å². The van der Waals surface area contributed by atoms with Gasteiger partial charge >= 0.3 is 0 Å². The fourth-order valence-corrected chi connectivity index (χ4v) is 2.83. The van der Waals surface area contributed by atoms with Crippen LogP contribution in [-0.4, -0.2) is 33.5 Å². The highest BCUT2D eigenvalue weighted by Crippen LogP contribution is 2.23. The summed E-state index contributed by atoms with van der Waals surface area (Å²) in [6, 6.07) is 1.49. The average Bonchev–Trinajstić information content (AvgIpc) is 2.53. The van der Waals surface area contributed by atoms with Crippen LogP contribution in [0.3, 0.4) is 0 Å². The van der Waals surface area contributed by atoms with Gasteiger partial charge in [0, 0.05) is 55.1 Å². The summed E-state index contributed by atoms with van der Waals surface area (Å²) in [5, 5.41) is 0. The lowest BCUT2D eigenvalue weighted by molar-refractivity contribution is 0.241. The number of fused-ring (bicyclic) bond motifs is 1. The molecule has 0 unspecified atom stereocenters. The summed E-state index contributed by atoms with van der Waals surface area (Å²) < 4.78 is 18.6. The molecule has 0 fully saturated rings. The molecule has 24 heavy (non-hydrogen) atoms. The smallest absolute Gasteiger partial charge is 0.250 e. The molecule has 0 amide bonds. The van der Waals surface area contributed by atoms with E-state index in [-0.39, 0.29) is 11.3 Å². The van der Waals surface area contributed by atoms with Gasteiger partial charge in [-0.05, 0) is 11.6 Å². The maximum absolute atomic E-state index is 13.8. The van der Waals surface area contributed by atoms with Crippen LogP contribution in [0.5, 0.6) is 5.88 Å². The Morgan fingerprint density at radius 2 is 2.04 bits per heavy atom. The molecule has 5 nitrogen and oxygen atoms in total. The number of halogens is 1. The van der Waals surface area contributed by atoms with Gasteiger partial charge in [-0.3, -0.25) is 4.90 Å². The number of hydrogen-bond acceptors (Lipinski definition) is 5. The third-order valence-electron chi connectivity index (χ3n) is 4.15. The second kappa shape index (κ2) is 6.43. The van der Waals surface area contributed by atoms with Crippen LogP contribution >= 0.6 is 0 Å². The Morgan fingerprint density at radius 1 is 1.25 bits per heavy atom. The van der Waals surface area contributed by atoms with Crippen molar-refractivity contribution in [2.75, 3.05) is 13.7 Å². The molecular formula is C18H23FN4O. The van der Waals surface area contributed by atoms with Crippen molar-refractivity contribution < 1.29 is 9.13 Å². The molecule has 1 aliphatic heterocycles. The lowest BCUT2D eigenvalue weighted by Gasteiger charge is -2.29. The Kier molecular flexibility index (Phi) is 4.49. The zero-order chi connectivity index (χ0) is 17.3. The number of aromatic nitrogens is 3. The van der Waals surface area contributed by atoms with Gasteiger partial charge in [0.15, 0.2) is 5.82 Å². The van der Waals surface area contributed by atoms with Gasteiger partial charge in [0.25, 0.3) is 0 Å². The molecule has 0 aliphatic carbocycles. The highest BCUT2D eigenvalue weighted by atomic mass is 19.1. The molecule has 0 N–H and O–H groups in total. The predicted octanol–water partition coefficient (Wildman–Crippen LogP) is 2.88. The molecule has 0 saturated heterocycles. The van der Waals surface area contributed by atoms with E-state index in [1.54, 1.807) is 6.20 Å². The quantitative estimate of drug-likeness (QED) is 0.866. The molecule has 6 heteroatoms. The van der Waals surface area contributed by atoms with Gasteiger partial charge in [-0.15, -0.1) is 0 Å². The lowest BCUT2D eigenvalue weighted by Crippen LogP contribution is -2.32. The average molecular weight is 330 g/mol. The SMILES string of the molecule is COc1ncc(CN2CCc3nc(C(C)(C)C)ncc3C2)cc1F. The fourth-order valence-electron chi connectivity index (χ4n) is 2.83. The normalized spacial score (nSPS) is 15.2. The number of methoxy groups -OCH3 is 1. The molecular weight excluding hydrogens is 307 g/mol. The minimum Gasteiger partial charge on any atom is -0.479 e. The minimum absolute atomic E-state index is 0.0332. The van der Waals surface area contributed by atoms with Gasteiger partial charge in [-0.2, -0.15) is 0 Å². The molecule has 3 rings (SSSR count). The number of nitrogens with zero attached hydrogens (tertiary/aromatic N) is 4. The van der Waals surface area contributed by atoms with E-state index < -0.39 is 5.82 Å². The summed E-state index contributed by atoms with van der Waals surface area (Å²) in [6.07, 6.45) is 4.48. The van der Waals surface area contributed by atoms with Gasteiger partial charge in [0.2, 0.25) is 5.88 Å². The summed E-state index contributed by atoms with van der Waals surface area (Å²) in [7, 11) is 1.42. The van der Waals surface area contributed by atoms with E-state index in [9.17, 15) is 4.39 Å². The summed E-state index contributed by atoms with van der Waals surface area (Å²) in [5.41, 5.74) is 3.07. The number of pyridine rings is 1. The molecule has 0 spiro atoms. The fraction of sp³-hybridized carbons (Fsp3) is 0.500. The molecule has 2 aromatic heterocycles. The minimum atomic E-state index is -0.425. The Labute approximate surface area is 141 Å². The number of ether oxygens (including phenoxy) is 1. The monoisotopic (exact) mass is 330 g/mol. The van der Waals surface area contributed by atoms with E-state index in [1.807, 2.05) is 6.20 Å². The molecule has 0 saturated carbocycles. The number of hydrogen-bond donors (Lipinski definition) is 0. The van der Waals surface area contributed by atoms with Crippen LogP contribution in [0.15, 0.2) is 18.5 Å². The van der Waals surface area contributed by atoms with Crippen molar-refractivity contribution in [1.29, 1.82) is 0 Å². The Bertz CT molecular complexity index is 742. The Morgan fingerprint density at radius 3 is 2.71 bits per heavy atom. The molecule has 0 radical (unpaired) electrons. The van der Waals surface area contributed by atoms with Crippen LogP contribution in [0.25, 0.3) is 0 Å². The van der Waals surface area contributed by atoms with Crippen molar-refractivity contribution >= 4 is 0 Å². The van der Waals surface area contributed by atoms with Gasteiger partial charge < -0.3 is 4.74 Å². The molecule has 0 bridgehead atoms. The topological polar surface area (TPSA) is 51.1 Å². The largest absolute Gasteiger partial charge is 0.479 e. The maximum atomic E-state index is 13.8. The van der Waals surface area contributed by atoms with Gasteiger partial charge in [-0.1, -0.05) is 20.8 Å². The predicted molar refractivity (Wildman–Crippen MR) is 89.3 cm³/mol. The molecule has 3 heterocycles. The first kappa shape index (κ1) is 16.8. The summed E-state index contributed by atoms with van der Waals surface area (Å²) in [5.74, 6) is 0.493. The van der Waals surface area contributed by atoms with Crippen LogP contribution in [0, 0.1) is 5.82 Å². The molecule has 128 valence electrons. The maximum Gasteiger partial charge on any atom is 0.250 e. The van der Waals surface area contributed by atoms with Crippen LogP contribution in [0.1, 0.15) is 43.4 Å². The second-order valence-electron chi connectivity index (χ2n) is 7.21. The summed E-state index contributed by atoms with van der Waals surface area (Å²) in [4.78, 5) is 15.5. The second-order valence-corrected chi connectivity index (χ2v) is 7.21. The Balaban J connectivity index is 1.72. The van der Waals surface area contributed by atoms with Crippen molar-refractivity contribution in [2.45, 2.75) is 45.7 Å². The zero-order valence-corrected chi connectivity index (χ0v) is 14.6. The summed E-state index contributed by atoms with van der Waals surface area (Å²) >= 11 is 0. The van der Waals surface area contributed by atoms with Crippen molar-refractivity contribution in [3.8, 4) is 5.88 Å². The third-order valence-corrected chi connectivity index (χ3v) is 4.15. The van der Waals surface area contributed by atoms with Crippen molar-refractivity contribution in [1.82, 2.24) is 19.9 Å². The first-order valence-electron chi connectivity index (χ1n) is 8.13. The van der Waals surface area contributed by atoms with Crippen molar-refractivity contribution in [3.63, 3.8) is 0 Å². The summed E-state index contributed by atoms with van der Waals surface area (Å²) in [6.45, 7) is 8.67. The van der Waals surface area contributed by atoms with E-state index in [4.69, 9.17) is 9.72 Å². The third kappa shape index (κ3) is 3.53. The number of rotatable bonds is 3. The molecule has 0 atom stereocenters. The van der Waals surface area contributed by atoms with Gasteiger partial charge in [-0.25, -0.2) is 19.3 Å². The first-order chi connectivity index (χ1) is 11.4. The van der Waals surface area contributed by atoms with Crippen LogP contribution < -0.4 is 4.74 Å². The van der Waals surface area contributed by atoms with Crippen LogP contribution in [-0.2, 0) is 24.9 Å². The zero-order valence-electron chi connectivity index (χ0n) is 14.6. The Hall–Kier alpha value is -2.08. The van der Waals surface area contributed by atoms with E-state index in [0.717, 1.165) is 42.2 Å². The molecule has 2 aromatic rings. The van der Waals surface area contributed by atoms with E-state index >= 15 is 0 Å².